The Morgan fingerprint density at radius 1 is 1.35 bits per heavy atom. The van der Waals surface area contributed by atoms with Crippen LogP contribution in [0.5, 0.6) is 0 Å². The summed E-state index contributed by atoms with van der Waals surface area (Å²) in [6, 6.07) is 0.593. The summed E-state index contributed by atoms with van der Waals surface area (Å²) in [6.07, 6.45) is 2.23. The molecule has 0 amide bonds. The average molecular weight is 272 g/mol. The van der Waals surface area contributed by atoms with Crippen molar-refractivity contribution in [1.82, 2.24) is 10.3 Å². The Balaban J connectivity index is 2.59. The Labute approximate surface area is 114 Å². The van der Waals surface area contributed by atoms with E-state index in [-0.39, 0.29) is 0 Å². The van der Waals surface area contributed by atoms with Crippen molar-refractivity contribution in [2.45, 2.75) is 58.9 Å². The third-order valence-corrected chi connectivity index (χ3v) is 4.98. The van der Waals surface area contributed by atoms with Crippen LogP contribution in [0, 0.1) is 0 Å². The van der Waals surface area contributed by atoms with E-state index in [0.717, 1.165) is 18.7 Å². The molecule has 98 valence electrons. The molecule has 0 saturated carbocycles. The number of nitrogens with one attached hydrogen (secondary N) is 1. The Kier molecular flexibility index (Phi) is 7.16. The van der Waals surface area contributed by atoms with Gasteiger partial charge in [-0.2, -0.15) is 11.8 Å². The fourth-order valence-electron chi connectivity index (χ4n) is 1.51. The Bertz CT molecular complexity index is 323. The largest absolute Gasteiger partial charge is 0.309 e. The van der Waals surface area contributed by atoms with Crippen LogP contribution in [0.3, 0.4) is 0 Å². The minimum absolute atomic E-state index is 0.593. The van der Waals surface area contributed by atoms with Crippen LogP contribution in [0.1, 0.15) is 49.7 Å². The molecule has 0 aromatic carbocycles. The van der Waals surface area contributed by atoms with Gasteiger partial charge in [0.25, 0.3) is 0 Å². The van der Waals surface area contributed by atoms with E-state index in [0.29, 0.717) is 6.04 Å². The standard InChI is InChI=1S/C13H24N2S2/c1-5-10(4)14-8-12-11(6-2)15-13(17-12)9-16-7-3/h10,14H,5-9H2,1-4H3. The van der Waals surface area contributed by atoms with Crippen molar-refractivity contribution in [2.24, 2.45) is 0 Å². The molecule has 0 fully saturated rings. The second-order valence-corrected chi connectivity index (χ2v) is 6.60. The zero-order chi connectivity index (χ0) is 12.7. The van der Waals surface area contributed by atoms with Crippen molar-refractivity contribution < 1.29 is 0 Å². The molecule has 1 unspecified atom stereocenters. The van der Waals surface area contributed by atoms with Gasteiger partial charge in [0.2, 0.25) is 0 Å². The van der Waals surface area contributed by atoms with Crippen molar-refractivity contribution in [3.63, 3.8) is 0 Å². The molecule has 0 radical (unpaired) electrons. The SMILES string of the molecule is CCSCc1nc(CC)c(CNC(C)CC)s1. The quantitative estimate of drug-likeness (QED) is 0.778. The highest BCUT2D eigenvalue weighted by Crippen LogP contribution is 2.23. The second kappa shape index (κ2) is 8.11. The third kappa shape index (κ3) is 4.98. The molecule has 0 aliphatic carbocycles. The van der Waals surface area contributed by atoms with Crippen molar-refractivity contribution >= 4 is 23.1 Å². The van der Waals surface area contributed by atoms with E-state index >= 15 is 0 Å². The lowest BCUT2D eigenvalue weighted by Crippen LogP contribution is -2.24. The van der Waals surface area contributed by atoms with Gasteiger partial charge in [-0.05, 0) is 25.5 Å². The van der Waals surface area contributed by atoms with E-state index in [1.165, 1.54) is 27.8 Å². The van der Waals surface area contributed by atoms with Crippen LogP contribution in [0.4, 0.5) is 0 Å². The van der Waals surface area contributed by atoms with Gasteiger partial charge >= 0.3 is 0 Å². The summed E-state index contributed by atoms with van der Waals surface area (Å²) >= 11 is 3.83. The fourth-order valence-corrected chi connectivity index (χ4v) is 3.35. The average Bonchev–Trinajstić information content (AvgIpc) is 2.75. The third-order valence-electron chi connectivity index (χ3n) is 2.81. The highest BCUT2D eigenvalue weighted by Gasteiger charge is 2.10. The maximum absolute atomic E-state index is 4.73. The molecule has 1 aromatic heterocycles. The lowest BCUT2D eigenvalue weighted by molar-refractivity contribution is 0.535. The Hall–Kier alpha value is -0.0600. The van der Waals surface area contributed by atoms with E-state index in [1.54, 1.807) is 0 Å². The zero-order valence-corrected chi connectivity index (χ0v) is 13.0. The molecule has 2 nitrogen and oxygen atoms in total. The first-order chi connectivity index (χ1) is 8.21. The van der Waals surface area contributed by atoms with Crippen molar-refractivity contribution in [3.05, 3.63) is 15.6 Å². The molecule has 0 aliphatic heterocycles. The molecule has 4 heteroatoms. The van der Waals surface area contributed by atoms with Gasteiger partial charge in [-0.25, -0.2) is 4.98 Å². The van der Waals surface area contributed by atoms with E-state index in [9.17, 15) is 0 Å². The Morgan fingerprint density at radius 2 is 2.12 bits per heavy atom. The smallest absolute Gasteiger partial charge is 0.103 e. The van der Waals surface area contributed by atoms with Gasteiger partial charge in [-0.1, -0.05) is 20.8 Å². The predicted octanol–water partition coefficient (Wildman–Crippen LogP) is 3.85. The summed E-state index contributed by atoms with van der Waals surface area (Å²) in [6.45, 7) is 9.82. The number of thiazole rings is 1. The van der Waals surface area contributed by atoms with Crippen LogP contribution in [0.2, 0.25) is 0 Å². The van der Waals surface area contributed by atoms with Gasteiger partial charge in [0.1, 0.15) is 5.01 Å². The summed E-state index contributed by atoms with van der Waals surface area (Å²) in [4.78, 5) is 6.16. The van der Waals surface area contributed by atoms with E-state index in [4.69, 9.17) is 4.98 Å². The molecular formula is C13H24N2S2. The van der Waals surface area contributed by atoms with Crippen LogP contribution in [0.25, 0.3) is 0 Å². The minimum atomic E-state index is 0.593. The number of aryl methyl sites for hydroxylation is 1. The number of thioether (sulfide) groups is 1. The molecule has 0 aliphatic rings. The number of nitrogens with zero attached hydrogens (tertiary/aromatic N) is 1. The van der Waals surface area contributed by atoms with Crippen LogP contribution >= 0.6 is 23.1 Å². The summed E-state index contributed by atoms with van der Waals surface area (Å²) in [5, 5.41) is 4.84. The normalized spacial score (nSPS) is 12.9. The summed E-state index contributed by atoms with van der Waals surface area (Å²) < 4.78 is 0. The van der Waals surface area contributed by atoms with Gasteiger partial charge in [0.05, 0.1) is 5.69 Å². The lowest BCUT2D eigenvalue weighted by Gasteiger charge is -2.10. The van der Waals surface area contributed by atoms with Crippen LogP contribution in [-0.4, -0.2) is 16.8 Å². The molecule has 17 heavy (non-hydrogen) atoms. The van der Waals surface area contributed by atoms with E-state index in [2.05, 4.69) is 33.0 Å². The highest BCUT2D eigenvalue weighted by molar-refractivity contribution is 7.98. The van der Waals surface area contributed by atoms with Crippen molar-refractivity contribution in [2.75, 3.05) is 5.75 Å². The summed E-state index contributed by atoms with van der Waals surface area (Å²) in [5.41, 5.74) is 1.29. The van der Waals surface area contributed by atoms with E-state index < -0.39 is 0 Å². The van der Waals surface area contributed by atoms with E-state index in [1.807, 2.05) is 23.1 Å². The van der Waals surface area contributed by atoms with Gasteiger partial charge in [-0.3, -0.25) is 0 Å². The summed E-state index contributed by atoms with van der Waals surface area (Å²) in [7, 11) is 0. The molecular weight excluding hydrogens is 248 g/mol. The minimum Gasteiger partial charge on any atom is -0.309 e. The first-order valence-corrected chi connectivity index (χ1v) is 8.46. The molecule has 0 saturated heterocycles. The lowest BCUT2D eigenvalue weighted by atomic mass is 10.2. The van der Waals surface area contributed by atoms with Crippen LogP contribution < -0.4 is 5.32 Å². The molecule has 1 N–H and O–H groups in total. The summed E-state index contributed by atoms with van der Waals surface area (Å²) in [5.74, 6) is 2.24. The molecule has 1 rings (SSSR count). The molecule has 1 aromatic rings. The molecule has 1 atom stereocenters. The first-order valence-electron chi connectivity index (χ1n) is 6.49. The maximum Gasteiger partial charge on any atom is 0.103 e. The van der Waals surface area contributed by atoms with Crippen LogP contribution in [-0.2, 0) is 18.7 Å². The zero-order valence-electron chi connectivity index (χ0n) is 11.4. The van der Waals surface area contributed by atoms with Crippen LogP contribution in [0.15, 0.2) is 0 Å². The predicted molar refractivity (Wildman–Crippen MR) is 79.9 cm³/mol. The van der Waals surface area contributed by atoms with Gasteiger partial charge < -0.3 is 5.32 Å². The number of hydrogen-bond donors (Lipinski definition) is 1. The fraction of sp³-hybridized carbons (Fsp3) is 0.769. The van der Waals surface area contributed by atoms with Gasteiger partial charge in [0, 0.05) is 23.2 Å². The first kappa shape index (κ1) is 15.0. The molecule has 1 heterocycles. The monoisotopic (exact) mass is 272 g/mol. The maximum atomic E-state index is 4.73. The molecule has 0 bridgehead atoms. The second-order valence-electron chi connectivity index (χ2n) is 4.16. The van der Waals surface area contributed by atoms with Crippen molar-refractivity contribution in [1.29, 1.82) is 0 Å². The Morgan fingerprint density at radius 3 is 2.71 bits per heavy atom. The molecule has 0 spiro atoms. The van der Waals surface area contributed by atoms with Gasteiger partial charge in [0.15, 0.2) is 0 Å². The number of aromatic nitrogens is 1. The van der Waals surface area contributed by atoms with Crippen molar-refractivity contribution in [3.8, 4) is 0 Å². The highest BCUT2D eigenvalue weighted by atomic mass is 32.2. The number of hydrogen-bond acceptors (Lipinski definition) is 4. The topological polar surface area (TPSA) is 24.9 Å². The van der Waals surface area contributed by atoms with Gasteiger partial charge in [-0.15, -0.1) is 11.3 Å². The number of rotatable bonds is 8.